The number of aromatic nitrogens is 3. The molecule has 0 spiro atoms. The van der Waals surface area contributed by atoms with Crippen LogP contribution in [-0.4, -0.2) is 15.0 Å². The van der Waals surface area contributed by atoms with Crippen molar-refractivity contribution in [2.45, 2.75) is 0 Å². The Bertz CT molecular complexity index is 2780. The lowest BCUT2D eigenvalue weighted by Gasteiger charge is -2.08. The van der Waals surface area contributed by atoms with Crippen LogP contribution in [0.5, 0.6) is 0 Å². The maximum atomic E-state index is 6.43. The van der Waals surface area contributed by atoms with Crippen molar-refractivity contribution in [3.05, 3.63) is 152 Å². The molecule has 48 heavy (non-hydrogen) atoms. The third kappa shape index (κ3) is 4.40. The molecular weight excluding hydrogens is 607 g/mol. The van der Waals surface area contributed by atoms with Crippen LogP contribution in [0.2, 0.25) is 0 Å². The van der Waals surface area contributed by atoms with Gasteiger partial charge in [-0.25, -0.2) is 15.0 Å². The van der Waals surface area contributed by atoms with E-state index in [-0.39, 0.29) is 0 Å². The van der Waals surface area contributed by atoms with Gasteiger partial charge in [0.2, 0.25) is 0 Å². The molecule has 0 unspecified atom stereocenters. The zero-order valence-corrected chi connectivity index (χ0v) is 26.4. The Balaban J connectivity index is 1.09. The predicted octanol–water partition coefficient (Wildman–Crippen LogP) is 12.0. The summed E-state index contributed by atoms with van der Waals surface area (Å²) in [6.07, 6.45) is 0. The first-order chi connectivity index (χ1) is 23.7. The summed E-state index contributed by atoms with van der Waals surface area (Å²) in [6.45, 7) is 0. The molecule has 0 aliphatic rings. The van der Waals surface area contributed by atoms with Crippen LogP contribution < -0.4 is 0 Å². The highest BCUT2D eigenvalue weighted by Gasteiger charge is 2.16. The molecule has 0 saturated carbocycles. The fraction of sp³-hybridized carbons (Fsp3) is 0. The lowest BCUT2D eigenvalue weighted by atomic mass is 9.99. The molecule has 3 heterocycles. The third-order valence-electron chi connectivity index (χ3n) is 9.12. The van der Waals surface area contributed by atoms with Gasteiger partial charge in [-0.05, 0) is 64.4 Å². The van der Waals surface area contributed by atoms with Crippen LogP contribution in [0, 0.1) is 0 Å². The Morgan fingerprint density at radius 2 is 0.979 bits per heavy atom. The summed E-state index contributed by atoms with van der Waals surface area (Å²) in [4.78, 5) is 14.7. The second-order valence-electron chi connectivity index (χ2n) is 12.0. The number of furan rings is 1. The lowest BCUT2D eigenvalue weighted by Crippen LogP contribution is -2.00. The summed E-state index contributed by atoms with van der Waals surface area (Å²) < 4.78 is 9.05. The van der Waals surface area contributed by atoms with Gasteiger partial charge in [0.25, 0.3) is 0 Å². The van der Waals surface area contributed by atoms with Crippen molar-refractivity contribution < 1.29 is 4.42 Å². The maximum Gasteiger partial charge on any atom is 0.164 e. The molecule has 10 aromatic rings. The number of thiophene rings is 1. The molecule has 7 aromatic carbocycles. The van der Waals surface area contributed by atoms with Crippen molar-refractivity contribution in [1.82, 2.24) is 15.0 Å². The van der Waals surface area contributed by atoms with Crippen molar-refractivity contribution >= 4 is 64.2 Å². The molecule has 0 saturated heterocycles. The molecule has 5 heteroatoms. The van der Waals surface area contributed by atoms with Gasteiger partial charge in [-0.1, -0.05) is 109 Å². The molecule has 0 aliphatic carbocycles. The fourth-order valence-electron chi connectivity index (χ4n) is 6.76. The fourth-order valence-corrected chi connectivity index (χ4v) is 7.86. The van der Waals surface area contributed by atoms with Crippen molar-refractivity contribution in [3.63, 3.8) is 0 Å². The van der Waals surface area contributed by atoms with Crippen LogP contribution in [0.3, 0.4) is 0 Å². The molecule has 0 atom stereocenters. The topological polar surface area (TPSA) is 51.8 Å². The van der Waals surface area contributed by atoms with E-state index >= 15 is 0 Å². The molecule has 0 radical (unpaired) electrons. The largest absolute Gasteiger partial charge is 0.456 e. The van der Waals surface area contributed by atoms with E-state index in [1.165, 1.54) is 36.5 Å². The van der Waals surface area contributed by atoms with Crippen LogP contribution in [0.25, 0.3) is 98.2 Å². The highest BCUT2D eigenvalue weighted by atomic mass is 32.1. The standard InChI is InChI=1S/C43H25N3OS/c1-3-10-27(11-4-1)41-44-42(28-12-5-2-6-13-28)46-43(45-41)31-15-19-33-34-23-29(16-20-36(34)47-37(33)25-31)30-18-21-38-35(24-30)40-32-14-8-7-9-26(32)17-22-39(40)48-38/h1-25H. The number of fused-ring (bicyclic) bond motifs is 8. The van der Waals surface area contributed by atoms with Gasteiger partial charge >= 0.3 is 0 Å². The lowest BCUT2D eigenvalue weighted by molar-refractivity contribution is 0.669. The van der Waals surface area contributed by atoms with E-state index in [2.05, 4.69) is 84.9 Å². The number of hydrogen-bond acceptors (Lipinski definition) is 5. The third-order valence-corrected chi connectivity index (χ3v) is 10.3. The van der Waals surface area contributed by atoms with Gasteiger partial charge < -0.3 is 4.42 Å². The molecule has 224 valence electrons. The van der Waals surface area contributed by atoms with E-state index in [9.17, 15) is 0 Å². The summed E-state index contributed by atoms with van der Waals surface area (Å²) in [5.74, 6) is 1.88. The monoisotopic (exact) mass is 631 g/mol. The number of benzene rings is 7. The number of rotatable bonds is 4. The molecule has 0 aliphatic heterocycles. The summed E-state index contributed by atoms with van der Waals surface area (Å²) in [6, 6.07) is 52.8. The predicted molar refractivity (Wildman–Crippen MR) is 199 cm³/mol. The minimum absolute atomic E-state index is 0.606. The Kier molecular flexibility index (Phi) is 6.01. The van der Waals surface area contributed by atoms with E-state index in [0.717, 1.165) is 44.2 Å². The minimum Gasteiger partial charge on any atom is -0.456 e. The Morgan fingerprint density at radius 1 is 0.375 bits per heavy atom. The second kappa shape index (κ2) is 10.7. The van der Waals surface area contributed by atoms with E-state index in [0.29, 0.717) is 17.5 Å². The van der Waals surface area contributed by atoms with Gasteiger partial charge in [-0.2, -0.15) is 0 Å². The Labute approximate surface area is 279 Å². The van der Waals surface area contributed by atoms with Crippen LogP contribution in [0.4, 0.5) is 0 Å². The molecule has 0 bridgehead atoms. The first kappa shape index (κ1) is 27.0. The minimum atomic E-state index is 0.606. The summed E-state index contributed by atoms with van der Waals surface area (Å²) in [5, 5.41) is 7.35. The summed E-state index contributed by atoms with van der Waals surface area (Å²) in [7, 11) is 0. The molecule has 0 N–H and O–H groups in total. The average molecular weight is 632 g/mol. The van der Waals surface area contributed by atoms with Gasteiger partial charge in [0.1, 0.15) is 11.2 Å². The van der Waals surface area contributed by atoms with Crippen molar-refractivity contribution in [2.75, 3.05) is 0 Å². The summed E-state index contributed by atoms with van der Waals surface area (Å²) >= 11 is 1.86. The highest BCUT2D eigenvalue weighted by molar-refractivity contribution is 7.26. The second-order valence-corrected chi connectivity index (χ2v) is 13.1. The van der Waals surface area contributed by atoms with Crippen LogP contribution >= 0.6 is 11.3 Å². The van der Waals surface area contributed by atoms with E-state index in [1.807, 2.05) is 78.1 Å². The summed E-state index contributed by atoms with van der Waals surface area (Å²) in [5.41, 5.74) is 6.76. The van der Waals surface area contributed by atoms with E-state index < -0.39 is 0 Å². The molecule has 0 amide bonds. The van der Waals surface area contributed by atoms with Crippen LogP contribution in [0.15, 0.2) is 156 Å². The first-order valence-electron chi connectivity index (χ1n) is 15.9. The highest BCUT2D eigenvalue weighted by Crippen LogP contribution is 2.41. The van der Waals surface area contributed by atoms with Gasteiger partial charge in [0, 0.05) is 47.6 Å². The van der Waals surface area contributed by atoms with Gasteiger partial charge in [-0.3, -0.25) is 0 Å². The molecular formula is C43H25N3OS. The van der Waals surface area contributed by atoms with Crippen molar-refractivity contribution in [1.29, 1.82) is 0 Å². The van der Waals surface area contributed by atoms with Gasteiger partial charge in [0.15, 0.2) is 17.5 Å². The van der Waals surface area contributed by atoms with Gasteiger partial charge in [-0.15, -0.1) is 11.3 Å². The Hall–Kier alpha value is -6.17. The zero-order chi connectivity index (χ0) is 31.6. The quantitative estimate of drug-likeness (QED) is 0.194. The van der Waals surface area contributed by atoms with Crippen molar-refractivity contribution in [2.24, 2.45) is 0 Å². The van der Waals surface area contributed by atoms with E-state index in [1.54, 1.807) is 0 Å². The molecule has 0 fully saturated rings. The normalized spacial score (nSPS) is 11.8. The smallest absolute Gasteiger partial charge is 0.164 e. The van der Waals surface area contributed by atoms with E-state index in [4.69, 9.17) is 19.4 Å². The van der Waals surface area contributed by atoms with Gasteiger partial charge in [0.05, 0.1) is 0 Å². The Morgan fingerprint density at radius 3 is 1.73 bits per heavy atom. The van der Waals surface area contributed by atoms with Crippen LogP contribution in [-0.2, 0) is 0 Å². The first-order valence-corrected chi connectivity index (χ1v) is 16.7. The maximum absolute atomic E-state index is 6.43. The van der Waals surface area contributed by atoms with Crippen LogP contribution in [0.1, 0.15) is 0 Å². The SMILES string of the molecule is c1ccc(-c2nc(-c3ccccc3)nc(-c3ccc4c(c3)oc3ccc(-c5ccc6sc7ccc8ccccc8c7c6c5)cc34)n2)cc1. The molecule has 4 nitrogen and oxygen atoms in total. The molecule has 10 rings (SSSR count). The molecule has 3 aromatic heterocycles. The average Bonchev–Trinajstić information content (AvgIpc) is 3.72. The van der Waals surface area contributed by atoms with Crippen molar-refractivity contribution in [3.8, 4) is 45.3 Å². The zero-order valence-electron chi connectivity index (χ0n) is 25.6. The number of nitrogens with zero attached hydrogens (tertiary/aromatic N) is 3. The number of hydrogen-bond donors (Lipinski definition) is 0.